The van der Waals surface area contributed by atoms with Gasteiger partial charge in [-0.3, -0.25) is 0 Å². The Morgan fingerprint density at radius 3 is 1.50 bits per heavy atom. The summed E-state index contributed by atoms with van der Waals surface area (Å²) in [6, 6.07) is 16.3. The normalized spacial score (nSPS) is 11.9. The maximum atomic E-state index is 4.65. The van der Waals surface area contributed by atoms with Gasteiger partial charge in [0, 0.05) is 14.1 Å². The number of nitrogens with zero attached hydrogens (tertiary/aromatic N) is 4. The fourth-order valence-corrected chi connectivity index (χ4v) is 2.78. The van der Waals surface area contributed by atoms with E-state index in [-0.39, 0.29) is 0 Å². The van der Waals surface area contributed by atoms with Gasteiger partial charge in [0.2, 0.25) is 0 Å². The number of imidazole rings is 2. The highest BCUT2D eigenvalue weighted by Gasteiger charge is 2.06. The van der Waals surface area contributed by atoms with Crippen molar-refractivity contribution in [3.63, 3.8) is 0 Å². The van der Waals surface area contributed by atoms with Gasteiger partial charge in [-0.1, -0.05) is 24.3 Å². The molecule has 0 radical (unpaired) electrons. The molecule has 0 spiro atoms. The van der Waals surface area contributed by atoms with E-state index in [0.29, 0.717) is 0 Å². The van der Waals surface area contributed by atoms with E-state index in [0.717, 1.165) is 33.7 Å². The third-order valence-electron chi connectivity index (χ3n) is 4.02. The van der Waals surface area contributed by atoms with Crippen LogP contribution in [0.1, 0.15) is 11.6 Å². The minimum Gasteiger partial charge on any atom is -0.328 e. The van der Waals surface area contributed by atoms with Crippen molar-refractivity contribution in [2.75, 3.05) is 0 Å². The monoisotopic (exact) mass is 288 g/mol. The molecule has 4 aromatic rings. The second-order valence-corrected chi connectivity index (χ2v) is 5.37. The first-order chi connectivity index (χ1) is 10.7. The van der Waals surface area contributed by atoms with Gasteiger partial charge in [0.05, 0.1) is 22.1 Å². The third kappa shape index (κ3) is 1.92. The van der Waals surface area contributed by atoms with Crippen LogP contribution in [-0.4, -0.2) is 19.1 Å². The molecular weight excluding hydrogens is 272 g/mol. The van der Waals surface area contributed by atoms with Crippen molar-refractivity contribution < 1.29 is 0 Å². The Labute approximate surface area is 128 Å². The highest BCUT2D eigenvalue weighted by Crippen LogP contribution is 2.18. The Morgan fingerprint density at radius 1 is 0.682 bits per heavy atom. The predicted molar refractivity (Wildman–Crippen MR) is 90.4 cm³/mol. The first-order valence-corrected chi connectivity index (χ1v) is 7.25. The summed E-state index contributed by atoms with van der Waals surface area (Å²) >= 11 is 0. The van der Waals surface area contributed by atoms with Crippen molar-refractivity contribution in [3.05, 3.63) is 60.2 Å². The van der Waals surface area contributed by atoms with Crippen LogP contribution in [0.4, 0.5) is 0 Å². The van der Waals surface area contributed by atoms with Gasteiger partial charge in [0.1, 0.15) is 11.6 Å². The minimum atomic E-state index is 0.924. The van der Waals surface area contributed by atoms with Crippen LogP contribution in [0.5, 0.6) is 0 Å². The van der Waals surface area contributed by atoms with E-state index in [9.17, 15) is 0 Å². The Balaban J connectivity index is 1.79. The molecule has 4 rings (SSSR count). The maximum absolute atomic E-state index is 4.65. The number of aryl methyl sites for hydroxylation is 2. The lowest BCUT2D eigenvalue weighted by Crippen LogP contribution is -1.93. The summed E-state index contributed by atoms with van der Waals surface area (Å²) in [6.07, 6.45) is 4.03. The number of benzene rings is 2. The van der Waals surface area contributed by atoms with Crippen LogP contribution in [0.15, 0.2) is 48.5 Å². The van der Waals surface area contributed by atoms with E-state index in [1.54, 1.807) is 0 Å². The zero-order chi connectivity index (χ0) is 15.1. The fraction of sp³-hybridized carbons (Fsp3) is 0.111. The molecule has 2 heterocycles. The summed E-state index contributed by atoms with van der Waals surface area (Å²) in [5.74, 6) is 1.85. The molecule has 0 aliphatic carbocycles. The summed E-state index contributed by atoms with van der Waals surface area (Å²) in [4.78, 5) is 9.30. The second kappa shape index (κ2) is 4.84. The van der Waals surface area contributed by atoms with Crippen LogP contribution >= 0.6 is 0 Å². The Hall–Kier alpha value is -2.88. The maximum Gasteiger partial charge on any atom is 0.133 e. The van der Waals surface area contributed by atoms with Gasteiger partial charge < -0.3 is 9.13 Å². The molecule has 2 aromatic carbocycles. The van der Waals surface area contributed by atoms with Crippen LogP contribution in [0.25, 0.3) is 34.2 Å². The van der Waals surface area contributed by atoms with E-state index in [1.165, 1.54) is 0 Å². The van der Waals surface area contributed by atoms with Crippen molar-refractivity contribution in [1.82, 2.24) is 19.1 Å². The average Bonchev–Trinajstić information content (AvgIpc) is 3.04. The number of fused-ring (bicyclic) bond motifs is 2. The summed E-state index contributed by atoms with van der Waals surface area (Å²) in [5.41, 5.74) is 4.28. The molecule has 0 bridgehead atoms. The molecule has 0 aliphatic rings. The van der Waals surface area contributed by atoms with Crippen LogP contribution in [0.2, 0.25) is 0 Å². The molecule has 22 heavy (non-hydrogen) atoms. The van der Waals surface area contributed by atoms with Gasteiger partial charge in [-0.25, -0.2) is 9.97 Å². The lowest BCUT2D eigenvalue weighted by Gasteiger charge is -1.98. The molecule has 0 saturated carbocycles. The third-order valence-corrected chi connectivity index (χ3v) is 4.02. The van der Waals surface area contributed by atoms with Crippen LogP contribution < -0.4 is 0 Å². The van der Waals surface area contributed by atoms with Crippen molar-refractivity contribution >= 4 is 34.2 Å². The van der Waals surface area contributed by atoms with Crippen LogP contribution in [-0.2, 0) is 14.1 Å². The number of aromatic nitrogens is 4. The number of rotatable bonds is 2. The first-order valence-electron chi connectivity index (χ1n) is 7.25. The van der Waals surface area contributed by atoms with Gasteiger partial charge in [0.15, 0.2) is 0 Å². The van der Waals surface area contributed by atoms with E-state index in [4.69, 9.17) is 0 Å². The zero-order valence-electron chi connectivity index (χ0n) is 12.6. The highest BCUT2D eigenvalue weighted by atomic mass is 15.1. The number of hydrogen-bond donors (Lipinski definition) is 0. The molecule has 108 valence electrons. The molecule has 0 atom stereocenters. The molecule has 0 fully saturated rings. The summed E-state index contributed by atoms with van der Waals surface area (Å²) in [7, 11) is 4.06. The molecule has 0 N–H and O–H groups in total. The van der Waals surface area contributed by atoms with Gasteiger partial charge in [-0.05, 0) is 36.4 Å². The summed E-state index contributed by atoms with van der Waals surface area (Å²) in [5, 5.41) is 0. The molecule has 0 amide bonds. The standard InChI is InChI=1S/C18H16N4/c1-21-15-9-5-3-7-13(15)19-17(21)11-12-18-20-14-8-4-6-10-16(14)22(18)2/h3-12H,1-2H3/b12-11+. The first kappa shape index (κ1) is 12.8. The predicted octanol–water partition coefficient (Wildman–Crippen LogP) is 3.63. The van der Waals surface area contributed by atoms with Crippen molar-refractivity contribution in [3.8, 4) is 0 Å². The molecule has 0 aliphatic heterocycles. The topological polar surface area (TPSA) is 35.6 Å². The molecule has 0 saturated heterocycles. The Morgan fingerprint density at radius 2 is 1.09 bits per heavy atom. The van der Waals surface area contributed by atoms with E-state index >= 15 is 0 Å². The van der Waals surface area contributed by atoms with Gasteiger partial charge >= 0.3 is 0 Å². The number of hydrogen-bond acceptors (Lipinski definition) is 2. The molecular formula is C18H16N4. The molecule has 0 unspecified atom stereocenters. The molecule has 4 nitrogen and oxygen atoms in total. The van der Waals surface area contributed by atoms with Crippen molar-refractivity contribution in [2.45, 2.75) is 0 Å². The molecule has 2 aromatic heterocycles. The summed E-state index contributed by atoms with van der Waals surface area (Å²) in [6.45, 7) is 0. The van der Waals surface area contributed by atoms with Gasteiger partial charge in [-0.15, -0.1) is 0 Å². The SMILES string of the molecule is Cn1c(/C=C/c2nc3ccccc3n2C)nc2ccccc21. The zero-order valence-corrected chi connectivity index (χ0v) is 12.6. The molecule has 4 heteroatoms. The van der Waals surface area contributed by atoms with E-state index in [1.807, 2.05) is 62.6 Å². The van der Waals surface area contributed by atoms with Crippen LogP contribution in [0.3, 0.4) is 0 Å². The van der Waals surface area contributed by atoms with Crippen molar-refractivity contribution in [1.29, 1.82) is 0 Å². The summed E-state index contributed by atoms with van der Waals surface area (Å²) < 4.78 is 4.18. The second-order valence-electron chi connectivity index (χ2n) is 5.37. The smallest absolute Gasteiger partial charge is 0.133 e. The van der Waals surface area contributed by atoms with E-state index in [2.05, 4.69) is 31.2 Å². The Kier molecular flexibility index (Phi) is 2.82. The minimum absolute atomic E-state index is 0.924. The lowest BCUT2D eigenvalue weighted by atomic mass is 10.3. The largest absolute Gasteiger partial charge is 0.328 e. The average molecular weight is 288 g/mol. The van der Waals surface area contributed by atoms with Gasteiger partial charge in [-0.2, -0.15) is 0 Å². The lowest BCUT2D eigenvalue weighted by molar-refractivity contribution is 0.923. The highest BCUT2D eigenvalue weighted by molar-refractivity contribution is 5.81. The van der Waals surface area contributed by atoms with Gasteiger partial charge in [0.25, 0.3) is 0 Å². The van der Waals surface area contributed by atoms with Crippen LogP contribution in [0, 0.1) is 0 Å². The van der Waals surface area contributed by atoms with E-state index < -0.39 is 0 Å². The quantitative estimate of drug-likeness (QED) is 0.564. The Bertz CT molecular complexity index is 922. The number of para-hydroxylation sites is 4. The van der Waals surface area contributed by atoms with Crippen molar-refractivity contribution in [2.24, 2.45) is 14.1 Å². The fourth-order valence-electron chi connectivity index (χ4n) is 2.78.